The van der Waals surface area contributed by atoms with Gasteiger partial charge in [-0.2, -0.15) is 0 Å². The lowest BCUT2D eigenvalue weighted by molar-refractivity contribution is 0.356. The molecule has 0 aliphatic rings. The van der Waals surface area contributed by atoms with E-state index in [1.54, 1.807) is 0 Å². The highest BCUT2D eigenvalue weighted by molar-refractivity contribution is 4.61. The van der Waals surface area contributed by atoms with Crippen LogP contribution in [0, 0.1) is 11.3 Å². The monoisotopic (exact) mass is 226 g/mol. The minimum Gasteiger partial charge on any atom is -0.0628 e. The van der Waals surface area contributed by atoms with Gasteiger partial charge in [0.15, 0.2) is 0 Å². The molecule has 0 fully saturated rings. The van der Waals surface area contributed by atoms with Gasteiger partial charge in [0.1, 0.15) is 0 Å². The van der Waals surface area contributed by atoms with Gasteiger partial charge in [-0.15, -0.1) is 0 Å². The standard InChI is InChI=1S/C16H34/c1-15(2)13-11-9-7-6-8-10-12-14-16(3,4)5/h15H,6-14H2,1-5H3. The van der Waals surface area contributed by atoms with E-state index in [9.17, 15) is 0 Å². The van der Waals surface area contributed by atoms with E-state index in [1.165, 1.54) is 57.8 Å². The Kier molecular flexibility index (Phi) is 9.07. The van der Waals surface area contributed by atoms with E-state index in [1.807, 2.05) is 0 Å². The van der Waals surface area contributed by atoms with Gasteiger partial charge in [0.05, 0.1) is 0 Å². The largest absolute Gasteiger partial charge is 0.0628 e. The molecular weight excluding hydrogens is 192 g/mol. The Hall–Kier alpha value is 0. The predicted octanol–water partition coefficient (Wildman–Crippen LogP) is 6.20. The number of unbranched alkanes of at least 4 members (excludes halogenated alkanes) is 6. The van der Waals surface area contributed by atoms with Crippen molar-refractivity contribution in [2.45, 2.75) is 92.4 Å². The molecule has 0 heteroatoms. The summed E-state index contributed by atoms with van der Waals surface area (Å²) < 4.78 is 0. The van der Waals surface area contributed by atoms with Crippen LogP contribution in [0.5, 0.6) is 0 Å². The zero-order valence-electron chi connectivity index (χ0n) is 12.4. The molecule has 0 spiro atoms. The van der Waals surface area contributed by atoms with Crippen LogP contribution in [0.4, 0.5) is 0 Å². The van der Waals surface area contributed by atoms with Crippen molar-refractivity contribution in [2.75, 3.05) is 0 Å². The molecule has 0 rings (SSSR count). The van der Waals surface area contributed by atoms with E-state index in [2.05, 4.69) is 34.6 Å². The lowest BCUT2D eigenvalue weighted by Gasteiger charge is -2.17. The Morgan fingerprint density at radius 3 is 1.56 bits per heavy atom. The lowest BCUT2D eigenvalue weighted by Crippen LogP contribution is -2.03. The lowest BCUT2D eigenvalue weighted by atomic mass is 9.89. The summed E-state index contributed by atoms with van der Waals surface area (Å²) in [6.07, 6.45) is 13.0. The van der Waals surface area contributed by atoms with Crippen LogP contribution in [-0.2, 0) is 0 Å². The highest BCUT2D eigenvalue weighted by Crippen LogP contribution is 2.22. The van der Waals surface area contributed by atoms with Gasteiger partial charge in [0.25, 0.3) is 0 Å². The molecule has 16 heavy (non-hydrogen) atoms. The third-order valence-corrected chi connectivity index (χ3v) is 3.21. The summed E-state index contributed by atoms with van der Waals surface area (Å²) in [5.74, 6) is 0.895. The fourth-order valence-electron chi connectivity index (χ4n) is 2.09. The van der Waals surface area contributed by atoms with E-state index >= 15 is 0 Å². The first-order valence-corrected chi connectivity index (χ1v) is 7.42. The highest BCUT2D eigenvalue weighted by atomic mass is 14.1. The Labute approximate surface area is 104 Å². The van der Waals surface area contributed by atoms with Crippen LogP contribution in [0.2, 0.25) is 0 Å². The molecule has 0 aromatic carbocycles. The maximum atomic E-state index is 2.35. The van der Waals surface area contributed by atoms with Crippen molar-refractivity contribution < 1.29 is 0 Å². The van der Waals surface area contributed by atoms with Gasteiger partial charge in [0, 0.05) is 0 Å². The van der Waals surface area contributed by atoms with Crippen LogP contribution >= 0.6 is 0 Å². The summed E-state index contributed by atoms with van der Waals surface area (Å²) in [6.45, 7) is 11.7. The van der Waals surface area contributed by atoms with Gasteiger partial charge in [-0.1, -0.05) is 86.0 Å². The van der Waals surface area contributed by atoms with Crippen molar-refractivity contribution in [1.29, 1.82) is 0 Å². The SMILES string of the molecule is CC(C)CCCCCCCCCC(C)(C)C. The molecule has 0 amide bonds. The first-order chi connectivity index (χ1) is 7.42. The van der Waals surface area contributed by atoms with Crippen LogP contribution in [0.15, 0.2) is 0 Å². The molecule has 0 unspecified atom stereocenters. The van der Waals surface area contributed by atoms with E-state index in [-0.39, 0.29) is 0 Å². The molecule has 0 bridgehead atoms. The molecule has 0 N–H and O–H groups in total. The van der Waals surface area contributed by atoms with Crippen molar-refractivity contribution in [3.8, 4) is 0 Å². The molecule has 0 aromatic rings. The second kappa shape index (κ2) is 9.07. The summed E-state index contributed by atoms with van der Waals surface area (Å²) >= 11 is 0. The van der Waals surface area contributed by atoms with E-state index < -0.39 is 0 Å². The van der Waals surface area contributed by atoms with Crippen LogP contribution < -0.4 is 0 Å². The fourth-order valence-corrected chi connectivity index (χ4v) is 2.09. The Balaban J connectivity index is 3.05. The second-order valence-electron chi connectivity index (χ2n) is 6.97. The maximum Gasteiger partial charge on any atom is -0.0383 e. The van der Waals surface area contributed by atoms with Gasteiger partial charge in [0.2, 0.25) is 0 Å². The zero-order chi connectivity index (χ0) is 12.4. The van der Waals surface area contributed by atoms with Crippen LogP contribution in [-0.4, -0.2) is 0 Å². The average Bonchev–Trinajstić information content (AvgIpc) is 2.13. The first-order valence-electron chi connectivity index (χ1n) is 7.42. The van der Waals surface area contributed by atoms with Gasteiger partial charge in [-0.25, -0.2) is 0 Å². The summed E-state index contributed by atoms with van der Waals surface area (Å²) in [4.78, 5) is 0. The Morgan fingerprint density at radius 1 is 0.688 bits per heavy atom. The minimum atomic E-state index is 0.539. The van der Waals surface area contributed by atoms with E-state index in [0.29, 0.717) is 5.41 Å². The molecule has 0 saturated heterocycles. The Bertz CT molecular complexity index is 139. The average molecular weight is 226 g/mol. The van der Waals surface area contributed by atoms with E-state index in [0.717, 1.165) is 5.92 Å². The summed E-state index contributed by atoms with van der Waals surface area (Å²) in [5, 5.41) is 0. The third-order valence-electron chi connectivity index (χ3n) is 3.21. The van der Waals surface area contributed by atoms with Crippen molar-refractivity contribution in [3.63, 3.8) is 0 Å². The quantitative estimate of drug-likeness (QED) is 0.411. The molecule has 0 aromatic heterocycles. The maximum absolute atomic E-state index is 2.35. The third kappa shape index (κ3) is 14.0. The molecule has 98 valence electrons. The van der Waals surface area contributed by atoms with Crippen LogP contribution in [0.25, 0.3) is 0 Å². The molecule has 0 radical (unpaired) electrons. The smallest absolute Gasteiger partial charge is 0.0383 e. The normalized spacial score (nSPS) is 12.4. The number of hydrogen-bond acceptors (Lipinski definition) is 0. The molecular formula is C16H34. The topological polar surface area (TPSA) is 0 Å². The molecule has 0 saturated carbocycles. The van der Waals surface area contributed by atoms with Gasteiger partial charge < -0.3 is 0 Å². The molecule has 0 heterocycles. The van der Waals surface area contributed by atoms with Gasteiger partial charge >= 0.3 is 0 Å². The first kappa shape index (κ1) is 16.0. The predicted molar refractivity (Wildman–Crippen MR) is 75.8 cm³/mol. The van der Waals surface area contributed by atoms with Crippen LogP contribution in [0.3, 0.4) is 0 Å². The van der Waals surface area contributed by atoms with Gasteiger partial charge in [-0.05, 0) is 17.8 Å². The van der Waals surface area contributed by atoms with Gasteiger partial charge in [-0.3, -0.25) is 0 Å². The van der Waals surface area contributed by atoms with Crippen molar-refractivity contribution >= 4 is 0 Å². The zero-order valence-corrected chi connectivity index (χ0v) is 12.4. The Morgan fingerprint density at radius 2 is 1.12 bits per heavy atom. The van der Waals surface area contributed by atoms with Crippen molar-refractivity contribution in [3.05, 3.63) is 0 Å². The van der Waals surface area contributed by atoms with E-state index in [4.69, 9.17) is 0 Å². The number of hydrogen-bond donors (Lipinski definition) is 0. The highest BCUT2D eigenvalue weighted by Gasteiger charge is 2.08. The second-order valence-corrected chi connectivity index (χ2v) is 6.97. The fraction of sp³-hybridized carbons (Fsp3) is 1.00. The van der Waals surface area contributed by atoms with Crippen molar-refractivity contribution in [1.82, 2.24) is 0 Å². The number of rotatable bonds is 9. The summed E-state index contributed by atoms with van der Waals surface area (Å²) in [6, 6.07) is 0. The summed E-state index contributed by atoms with van der Waals surface area (Å²) in [5.41, 5.74) is 0.539. The molecule has 0 aliphatic heterocycles. The molecule has 0 nitrogen and oxygen atoms in total. The summed E-state index contributed by atoms with van der Waals surface area (Å²) in [7, 11) is 0. The van der Waals surface area contributed by atoms with Crippen LogP contribution in [0.1, 0.15) is 92.4 Å². The molecule has 0 aliphatic carbocycles. The minimum absolute atomic E-state index is 0.539. The van der Waals surface area contributed by atoms with Crippen molar-refractivity contribution in [2.24, 2.45) is 11.3 Å². The molecule has 0 atom stereocenters.